The van der Waals surface area contributed by atoms with Gasteiger partial charge in [-0.25, -0.2) is 9.67 Å². The van der Waals surface area contributed by atoms with E-state index in [2.05, 4.69) is 28.3 Å². The zero-order chi connectivity index (χ0) is 17.9. The first-order chi connectivity index (χ1) is 11.9. The minimum atomic E-state index is -0.738. The molecular weight excluding hydrogens is 314 g/mol. The number of aliphatic hydroxyl groups is 1. The number of hydrogen-bond acceptors (Lipinski definition) is 4. The third-order valence-electron chi connectivity index (χ3n) is 4.29. The summed E-state index contributed by atoms with van der Waals surface area (Å²) >= 11 is 0. The van der Waals surface area contributed by atoms with E-state index in [1.165, 1.54) is 11.9 Å². The van der Waals surface area contributed by atoms with E-state index in [1.54, 1.807) is 11.0 Å². The molecule has 0 saturated heterocycles. The molecule has 1 aliphatic rings. The van der Waals surface area contributed by atoms with E-state index in [-0.39, 0.29) is 5.41 Å². The van der Waals surface area contributed by atoms with Crippen LogP contribution in [0.3, 0.4) is 0 Å². The van der Waals surface area contributed by atoms with Gasteiger partial charge in [0, 0.05) is 0 Å². The average molecular weight is 339 g/mol. The third kappa shape index (κ3) is 4.17. The Kier molecular flexibility index (Phi) is 5.04. The highest BCUT2D eigenvalue weighted by Gasteiger charge is 2.34. The van der Waals surface area contributed by atoms with Crippen molar-refractivity contribution in [3.05, 3.63) is 60.7 Å². The number of aliphatic hydroxyl groups excluding tert-OH is 1. The second kappa shape index (κ2) is 7.23. The maximum atomic E-state index is 10.7. The summed E-state index contributed by atoms with van der Waals surface area (Å²) in [6.45, 7) is 5.90. The molecule has 0 radical (unpaired) electrons. The van der Waals surface area contributed by atoms with Crippen LogP contribution < -0.4 is 4.74 Å². The van der Waals surface area contributed by atoms with Crippen molar-refractivity contribution >= 4 is 5.57 Å². The summed E-state index contributed by atoms with van der Waals surface area (Å²) in [6.07, 6.45) is 10.4. The number of rotatable bonds is 5. The van der Waals surface area contributed by atoms with Gasteiger partial charge in [0.2, 0.25) is 6.23 Å². The lowest BCUT2D eigenvalue weighted by Crippen LogP contribution is -2.38. The molecule has 1 aromatic carbocycles. The van der Waals surface area contributed by atoms with Gasteiger partial charge in [-0.1, -0.05) is 51.1 Å². The Morgan fingerprint density at radius 1 is 1.16 bits per heavy atom. The molecule has 2 atom stereocenters. The third-order valence-corrected chi connectivity index (χ3v) is 4.29. The van der Waals surface area contributed by atoms with Crippen molar-refractivity contribution < 1.29 is 9.84 Å². The zero-order valence-corrected chi connectivity index (χ0v) is 15.0. The highest BCUT2D eigenvalue weighted by molar-refractivity contribution is 5.74. The summed E-state index contributed by atoms with van der Waals surface area (Å²) in [5.74, 6) is 0.688. The molecule has 0 spiro atoms. The van der Waals surface area contributed by atoms with E-state index in [0.29, 0.717) is 5.75 Å². The van der Waals surface area contributed by atoms with Crippen molar-refractivity contribution in [3.63, 3.8) is 0 Å². The molecule has 2 aromatic rings. The Labute approximate surface area is 148 Å². The lowest BCUT2D eigenvalue weighted by Gasteiger charge is -2.32. The van der Waals surface area contributed by atoms with Crippen LogP contribution in [-0.4, -0.2) is 26.0 Å². The summed E-state index contributed by atoms with van der Waals surface area (Å²) in [6, 6.07) is 7.94. The molecule has 0 aliphatic heterocycles. The molecule has 1 heterocycles. The van der Waals surface area contributed by atoms with E-state index in [1.807, 2.05) is 45.0 Å². The molecule has 2 unspecified atom stereocenters. The predicted octanol–water partition coefficient (Wildman–Crippen LogP) is 4.00. The number of allylic oxidation sites excluding steroid dienone is 4. The molecule has 132 valence electrons. The summed E-state index contributed by atoms with van der Waals surface area (Å²) < 4.78 is 7.61. The molecule has 1 aromatic heterocycles. The Morgan fingerprint density at radius 2 is 1.92 bits per heavy atom. The first-order valence-electron chi connectivity index (χ1n) is 8.61. The molecule has 25 heavy (non-hydrogen) atoms. The van der Waals surface area contributed by atoms with Crippen LogP contribution in [0.1, 0.15) is 45.4 Å². The first-order valence-corrected chi connectivity index (χ1v) is 8.61. The van der Waals surface area contributed by atoms with E-state index >= 15 is 0 Å². The summed E-state index contributed by atoms with van der Waals surface area (Å²) in [4.78, 5) is 3.97. The van der Waals surface area contributed by atoms with Gasteiger partial charge in [0.05, 0.1) is 0 Å². The summed E-state index contributed by atoms with van der Waals surface area (Å²) in [7, 11) is 0. The normalized spacial score (nSPS) is 17.0. The summed E-state index contributed by atoms with van der Waals surface area (Å²) in [5.41, 5.74) is 2.05. The van der Waals surface area contributed by atoms with Crippen molar-refractivity contribution in [3.8, 4) is 5.75 Å². The van der Waals surface area contributed by atoms with Crippen LogP contribution in [0.5, 0.6) is 5.75 Å². The van der Waals surface area contributed by atoms with Crippen LogP contribution in [0.15, 0.2) is 55.1 Å². The topological polar surface area (TPSA) is 60.2 Å². The number of nitrogens with zero attached hydrogens (tertiary/aromatic N) is 3. The number of hydrogen-bond donors (Lipinski definition) is 1. The number of ether oxygens (including phenoxy) is 1. The van der Waals surface area contributed by atoms with Gasteiger partial charge in [0.1, 0.15) is 24.5 Å². The summed E-state index contributed by atoms with van der Waals surface area (Å²) in [5, 5.41) is 14.8. The first kappa shape index (κ1) is 17.4. The van der Waals surface area contributed by atoms with Crippen molar-refractivity contribution in [1.82, 2.24) is 14.8 Å². The van der Waals surface area contributed by atoms with E-state index < -0.39 is 12.3 Å². The lowest BCUT2D eigenvalue weighted by molar-refractivity contribution is -0.0731. The fourth-order valence-electron chi connectivity index (χ4n) is 2.73. The maximum absolute atomic E-state index is 10.7. The van der Waals surface area contributed by atoms with Gasteiger partial charge in [0.15, 0.2) is 0 Å². The van der Waals surface area contributed by atoms with Gasteiger partial charge in [0.25, 0.3) is 0 Å². The highest BCUT2D eigenvalue weighted by Crippen LogP contribution is 2.31. The molecular formula is C20H25N3O2. The highest BCUT2D eigenvalue weighted by atomic mass is 16.5. The molecule has 1 N–H and O–H groups in total. The Morgan fingerprint density at radius 3 is 2.48 bits per heavy atom. The predicted molar refractivity (Wildman–Crippen MR) is 97.9 cm³/mol. The molecule has 0 amide bonds. The Bertz CT molecular complexity index is 740. The van der Waals surface area contributed by atoms with Crippen molar-refractivity contribution in [1.29, 1.82) is 0 Å². The van der Waals surface area contributed by atoms with Crippen LogP contribution in [0.4, 0.5) is 0 Å². The zero-order valence-electron chi connectivity index (χ0n) is 15.0. The van der Waals surface area contributed by atoms with Crippen molar-refractivity contribution in [2.24, 2.45) is 5.41 Å². The second-order valence-electron chi connectivity index (χ2n) is 7.36. The van der Waals surface area contributed by atoms with Gasteiger partial charge >= 0.3 is 0 Å². The van der Waals surface area contributed by atoms with Gasteiger partial charge in [-0.2, -0.15) is 5.10 Å². The van der Waals surface area contributed by atoms with Crippen molar-refractivity contribution in [2.75, 3.05) is 0 Å². The quantitative estimate of drug-likeness (QED) is 0.894. The van der Waals surface area contributed by atoms with E-state index in [9.17, 15) is 5.11 Å². The smallest absolute Gasteiger partial charge is 0.219 e. The van der Waals surface area contributed by atoms with Crippen LogP contribution in [0.25, 0.3) is 5.57 Å². The molecule has 3 rings (SSSR count). The number of aromatic nitrogens is 3. The fraction of sp³-hybridized carbons (Fsp3) is 0.400. The fourth-order valence-corrected chi connectivity index (χ4v) is 2.73. The second-order valence-corrected chi connectivity index (χ2v) is 7.36. The SMILES string of the molecule is CC(C)(C)C(O)C(Oc1ccc(C2=CCCC=C2)cc1)n1cncn1. The molecule has 0 bridgehead atoms. The number of benzene rings is 1. The lowest BCUT2D eigenvalue weighted by atomic mass is 9.88. The van der Waals surface area contributed by atoms with E-state index in [4.69, 9.17) is 4.74 Å². The maximum Gasteiger partial charge on any atom is 0.219 e. The van der Waals surface area contributed by atoms with Gasteiger partial charge in [-0.3, -0.25) is 0 Å². The van der Waals surface area contributed by atoms with Crippen LogP contribution in [-0.2, 0) is 0 Å². The van der Waals surface area contributed by atoms with Gasteiger partial charge in [-0.05, 0) is 41.5 Å². The minimum Gasteiger partial charge on any atom is -0.466 e. The molecule has 0 fully saturated rings. The van der Waals surface area contributed by atoms with E-state index in [0.717, 1.165) is 18.4 Å². The monoisotopic (exact) mass is 339 g/mol. The van der Waals surface area contributed by atoms with Crippen LogP contribution >= 0.6 is 0 Å². The van der Waals surface area contributed by atoms with Crippen LogP contribution in [0.2, 0.25) is 0 Å². The Balaban J connectivity index is 1.80. The minimum absolute atomic E-state index is 0.353. The average Bonchev–Trinajstić information content (AvgIpc) is 3.14. The Hall–Kier alpha value is -2.40. The molecule has 1 aliphatic carbocycles. The molecule has 5 nitrogen and oxygen atoms in total. The van der Waals surface area contributed by atoms with Crippen LogP contribution in [0, 0.1) is 5.41 Å². The van der Waals surface area contributed by atoms with Gasteiger partial charge in [-0.15, -0.1) is 0 Å². The largest absolute Gasteiger partial charge is 0.466 e. The van der Waals surface area contributed by atoms with Crippen molar-refractivity contribution in [2.45, 2.75) is 45.9 Å². The van der Waals surface area contributed by atoms with Gasteiger partial charge < -0.3 is 9.84 Å². The molecule has 5 heteroatoms. The molecule has 0 saturated carbocycles. The standard InChI is InChI=1S/C20H25N3O2/c1-20(2,3)18(24)19(23-14-21-13-22-23)25-17-11-9-16(10-12-17)15-7-5-4-6-8-15/h5,7-14,18-19,24H,4,6H2,1-3H3.